The molecule has 3 saturated heterocycles. The number of hydrogen-bond donors (Lipinski definition) is 5. The van der Waals surface area contributed by atoms with Crippen LogP contribution in [0.3, 0.4) is 0 Å². The number of thiol groups is 1. The molecule has 0 aliphatic carbocycles. The summed E-state index contributed by atoms with van der Waals surface area (Å²) < 4.78 is 63.2. The Morgan fingerprint density at radius 3 is 1.98 bits per heavy atom. The fourth-order valence-corrected chi connectivity index (χ4v) is 7.58. The number of anilines is 2. The minimum Gasteiger partial charge on any atom is -0.386 e. The first-order chi connectivity index (χ1) is 20.6. The molecule has 3 fully saturated rings. The van der Waals surface area contributed by atoms with Gasteiger partial charge in [-0.25, -0.2) is 34.5 Å². The molecular weight excluding hydrogens is 634 g/mol. The molecule has 1 unspecified atom stereocenters. The minimum atomic E-state index is -4.23. The second kappa shape index (κ2) is 11.0. The largest absolute Gasteiger partial charge is 0.386 e. The predicted molar refractivity (Wildman–Crippen MR) is 147 cm³/mol. The van der Waals surface area contributed by atoms with Crippen molar-refractivity contribution in [2.45, 2.75) is 49.1 Å². The molecule has 4 aromatic heterocycles. The number of aromatic nitrogens is 8. The van der Waals surface area contributed by atoms with Crippen molar-refractivity contribution in [3.05, 3.63) is 25.3 Å². The first-order valence-electron chi connectivity index (χ1n) is 12.6. The SMILES string of the molecule is Nc1ncnc2c1ncn2[C@@H]1O[C@@H]2CO[P@@](=O)(S)O[C@H]3[C@@H](O)[C@H](n4cnc5c(N)ncnc54)O[C@@H]3CO[PH](=O)O[C@H]2[C@H]1O. The van der Waals surface area contributed by atoms with Crippen molar-refractivity contribution in [1.29, 1.82) is 0 Å². The molecule has 230 valence electrons. The molecule has 0 saturated carbocycles. The second-order valence-electron chi connectivity index (χ2n) is 9.76. The third-order valence-electron chi connectivity index (χ3n) is 7.20. The maximum Gasteiger partial charge on any atom is 0.386 e. The zero-order valence-electron chi connectivity index (χ0n) is 21.6. The number of rotatable bonds is 2. The van der Waals surface area contributed by atoms with Gasteiger partial charge < -0.3 is 40.2 Å². The smallest absolute Gasteiger partial charge is 0.386 e. The standard InChI is InChI=1S/C20H24N10O10P2S/c21-15-9-17(25-3-23-15)29(5-27-9)19-11(31)13-8(38-19)2-36-42(34,43)40-14-7(1-35-41(33)39-13)37-20(12(14)32)30-6-28-10-16(22)24-4-26-18(10)30/h3-8,11-14,19-20,31-32,41H,1-2H2,(H,34,43)(H2,21,23,25)(H2,22,24,26)/t7-,8-,11-,12-,13-,14-,19-,20-,42-/m1/s1. The number of aliphatic hydroxyl groups excluding tert-OH is 2. The van der Waals surface area contributed by atoms with Crippen LogP contribution in [0.4, 0.5) is 11.6 Å². The summed E-state index contributed by atoms with van der Waals surface area (Å²) in [4.78, 5) is 24.4. The Labute approximate surface area is 246 Å². The van der Waals surface area contributed by atoms with Crippen molar-refractivity contribution in [2.75, 3.05) is 24.7 Å². The van der Waals surface area contributed by atoms with Gasteiger partial charge >= 0.3 is 15.1 Å². The van der Waals surface area contributed by atoms with Gasteiger partial charge in [0, 0.05) is 0 Å². The van der Waals surface area contributed by atoms with Crippen LogP contribution < -0.4 is 11.5 Å². The third kappa shape index (κ3) is 5.09. The first kappa shape index (κ1) is 28.9. The zero-order chi connectivity index (χ0) is 30.0. The van der Waals surface area contributed by atoms with E-state index in [1.165, 1.54) is 34.4 Å². The third-order valence-corrected chi connectivity index (χ3v) is 9.68. The Morgan fingerprint density at radius 1 is 0.860 bits per heavy atom. The molecule has 7 heterocycles. The van der Waals surface area contributed by atoms with E-state index in [1.807, 2.05) is 0 Å². The molecule has 4 aromatic rings. The fourth-order valence-electron chi connectivity index (χ4n) is 5.20. The first-order valence-corrected chi connectivity index (χ1v) is 16.6. The summed E-state index contributed by atoms with van der Waals surface area (Å²) in [6.45, 7) is -5.15. The van der Waals surface area contributed by atoms with Crippen LogP contribution in [0.15, 0.2) is 25.3 Å². The molecule has 0 aromatic carbocycles. The quantitative estimate of drug-likeness (QED) is 0.135. The number of hydrogen-bond acceptors (Lipinski definition) is 18. The molecule has 20 nitrogen and oxygen atoms in total. The summed E-state index contributed by atoms with van der Waals surface area (Å²) in [7, 11) is -3.32. The number of fused-ring (bicyclic) bond motifs is 4. The van der Waals surface area contributed by atoms with Gasteiger partial charge in [-0.3, -0.25) is 22.7 Å². The van der Waals surface area contributed by atoms with E-state index in [2.05, 4.69) is 42.2 Å². The van der Waals surface area contributed by atoms with Crippen LogP contribution in [0.5, 0.6) is 0 Å². The lowest BCUT2D eigenvalue weighted by atomic mass is 10.1. The summed E-state index contributed by atoms with van der Waals surface area (Å²) in [6, 6.07) is 0. The van der Waals surface area contributed by atoms with Gasteiger partial charge in [-0.2, -0.15) is 0 Å². The lowest BCUT2D eigenvalue weighted by Crippen LogP contribution is -2.38. The van der Waals surface area contributed by atoms with Crippen LogP contribution in [0.1, 0.15) is 12.5 Å². The highest BCUT2D eigenvalue weighted by atomic mass is 32.7. The highest BCUT2D eigenvalue weighted by Crippen LogP contribution is 2.57. The van der Waals surface area contributed by atoms with Crippen molar-refractivity contribution >= 4 is 61.3 Å². The number of imidazole rings is 2. The topological polar surface area (TPSA) is 269 Å². The van der Waals surface area contributed by atoms with Crippen LogP contribution in [-0.2, 0) is 36.7 Å². The van der Waals surface area contributed by atoms with Crippen molar-refractivity contribution in [3.63, 3.8) is 0 Å². The average Bonchev–Trinajstić information content (AvgIpc) is 3.73. The summed E-state index contributed by atoms with van der Waals surface area (Å²) in [5, 5.41) is 22.3. The van der Waals surface area contributed by atoms with Crippen LogP contribution in [-0.4, -0.2) is 99.1 Å². The van der Waals surface area contributed by atoms with Crippen LogP contribution in [0.2, 0.25) is 0 Å². The highest BCUT2D eigenvalue weighted by molar-refractivity contribution is 8.44. The van der Waals surface area contributed by atoms with Crippen molar-refractivity contribution < 1.29 is 46.9 Å². The number of nitrogen functional groups attached to an aromatic ring is 2. The van der Waals surface area contributed by atoms with Crippen LogP contribution in [0.25, 0.3) is 22.3 Å². The number of nitrogens with zero attached hydrogens (tertiary/aromatic N) is 8. The summed E-state index contributed by atoms with van der Waals surface area (Å²) in [6.07, 6.45) is -4.97. The number of ether oxygens (including phenoxy) is 2. The Balaban J connectivity index is 1.14. The summed E-state index contributed by atoms with van der Waals surface area (Å²) in [5.74, 6) is 0.229. The van der Waals surface area contributed by atoms with Gasteiger partial charge in [-0.1, -0.05) is 12.2 Å². The molecule has 7 rings (SSSR count). The summed E-state index contributed by atoms with van der Waals surface area (Å²) in [5.41, 5.74) is 12.8. The number of nitrogens with two attached hydrogens (primary N) is 2. The second-order valence-corrected chi connectivity index (χ2v) is 13.7. The zero-order valence-corrected chi connectivity index (χ0v) is 24.4. The van der Waals surface area contributed by atoms with E-state index < -0.39 is 77.3 Å². The van der Waals surface area contributed by atoms with E-state index in [0.717, 1.165) is 0 Å². The van der Waals surface area contributed by atoms with Crippen LogP contribution >= 0.6 is 27.3 Å². The Morgan fingerprint density at radius 2 is 1.40 bits per heavy atom. The molecule has 3 aliphatic rings. The molecule has 0 bridgehead atoms. The monoisotopic (exact) mass is 658 g/mol. The maximum absolute atomic E-state index is 13.4. The molecular formula is C20H24N10O10P2S. The lowest BCUT2D eigenvalue weighted by Gasteiger charge is -2.27. The van der Waals surface area contributed by atoms with E-state index in [9.17, 15) is 19.3 Å². The molecule has 0 radical (unpaired) electrons. The predicted octanol–water partition coefficient (Wildman–Crippen LogP) is -0.408. The van der Waals surface area contributed by atoms with Gasteiger partial charge in [-0.05, 0) is 0 Å². The van der Waals surface area contributed by atoms with Gasteiger partial charge in [0.2, 0.25) is 0 Å². The maximum atomic E-state index is 13.4. The lowest BCUT2D eigenvalue weighted by molar-refractivity contribution is -0.0557. The molecule has 0 amide bonds. The minimum absolute atomic E-state index is 0.113. The fraction of sp³-hybridized carbons (Fsp3) is 0.500. The van der Waals surface area contributed by atoms with E-state index in [-0.39, 0.29) is 34.0 Å². The highest BCUT2D eigenvalue weighted by Gasteiger charge is 2.52. The van der Waals surface area contributed by atoms with Crippen LogP contribution in [0, 0.1) is 0 Å². The average molecular weight is 658 g/mol. The van der Waals surface area contributed by atoms with Crippen molar-refractivity contribution in [1.82, 2.24) is 39.0 Å². The van der Waals surface area contributed by atoms with E-state index in [4.69, 9.17) is 39.0 Å². The Bertz CT molecular complexity index is 1760. The molecule has 43 heavy (non-hydrogen) atoms. The van der Waals surface area contributed by atoms with Gasteiger partial charge in [0.1, 0.15) is 60.3 Å². The molecule has 6 N–H and O–H groups in total. The van der Waals surface area contributed by atoms with Gasteiger partial charge in [0.25, 0.3) is 0 Å². The normalized spacial score (nSPS) is 37.1. The van der Waals surface area contributed by atoms with E-state index in [0.29, 0.717) is 0 Å². The van der Waals surface area contributed by atoms with Gasteiger partial charge in [0.15, 0.2) is 35.4 Å². The Hall–Kier alpha value is -2.81. The van der Waals surface area contributed by atoms with E-state index >= 15 is 0 Å². The van der Waals surface area contributed by atoms with Crippen molar-refractivity contribution in [2.24, 2.45) is 0 Å². The Kier molecular flexibility index (Phi) is 7.38. The van der Waals surface area contributed by atoms with E-state index in [1.54, 1.807) is 0 Å². The summed E-state index contributed by atoms with van der Waals surface area (Å²) >= 11 is 4.08. The molecule has 0 spiro atoms. The van der Waals surface area contributed by atoms with Gasteiger partial charge in [-0.15, -0.1) is 0 Å². The molecule has 10 atom stereocenters. The van der Waals surface area contributed by atoms with Gasteiger partial charge in [0.05, 0.1) is 25.9 Å². The number of aliphatic hydroxyl groups is 2. The molecule has 3 aliphatic heterocycles. The van der Waals surface area contributed by atoms with Crippen molar-refractivity contribution in [3.8, 4) is 0 Å². The molecule has 23 heteroatoms.